The van der Waals surface area contributed by atoms with Crippen LogP contribution in [0.5, 0.6) is 0 Å². The highest BCUT2D eigenvalue weighted by molar-refractivity contribution is 7.09. The van der Waals surface area contributed by atoms with Crippen LogP contribution < -0.4 is 10.6 Å². The van der Waals surface area contributed by atoms with Gasteiger partial charge in [-0.15, -0.1) is 0 Å². The van der Waals surface area contributed by atoms with Crippen molar-refractivity contribution in [2.75, 3.05) is 5.32 Å². The van der Waals surface area contributed by atoms with Gasteiger partial charge in [0.25, 0.3) is 0 Å². The Balaban J connectivity index is 1.43. The predicted octanol–water partition coefficient (Wildman–Crippen LogP) is 2.63. The van der Waals surface area contributed by atoms with Crippen LogP contribution in [-0.2, 0) is 19.6 Å². The molecule has 0 spiro atoms. The second-order valence-corrected chi connectivity index (χ2v) is 6.04. The zero-order valence-corrected chi connectivity index (χ0v) is 11.5. The Morgan fingerprint density at radius 2 is 2.16 bits per heavy atom. The number of hydrogen-bond acceptors (Lipinski definition) is 5. The van der Waals surface area contributed by atoms with Crippen molar-refractivity contribution in [3.63, 3.8) is 0 Å². The largest absolute Gasteiger partial charge is 0.356 e. The van der Waals surface area contributed by atoms with Crippen LogP contribution in [0.15, 0.2) is 18.2 Å². The number of aromatic nitrogens is 2. The first-order valence-corrected chi connectivity index (χ1v) is 7.55. The van der Waals surface area contributed by atoms with Gasteiger partial charge >= 0.3 is 0 Å². The summed E-state index contributed by atoms with van der Waals surface area (Å²) in [5.74, 6) is 1.67. The highest BCUT2D eigenvalue weighted by Crippen LogP contribution is 2.39. The summed E-state index contributed by atoms with van der Waals surface area (Å²) < 4.78 is 4.41. The van der Waals surface area contributed by atoms with Gasteiger partial charge in [0.05, 0.1) is 0 Å². The molecule has 2 aliphatic rings. The van der Waals surface area contributed by atoms with Crippen molar-refractivity contribution in [2.24, 2.45) is 0 Å². The fourth-order valence-electron chi connectivity index (χ4n) is 2.45. The van der Waals surface area contributed by atoms with E-state index in [9.17, 15) is 0 Å². The Kier molecular flexibility index (Phi) is 2.74. The van der Waals surface area contributed by atoms with Crippen LogP contribution in [0.2, 0.25) is 0 Å². The van der Waals surface area contributed by atoms with E-state index in [4.69, 9.17) is 0 Å². The van der Waals surface area contributed by atoms with E-state index < -0.39 is 0 Å². The molecule has 2 aromatic rings. The summed E-state index contributed by atoms with van der Waals surface area (Å²) in [6, 6.07) is 6.70. The Labute approximate surface area is 116 Å². The Hall–Kier alpha value is -1.46. The molecule has 98 valence electrons. The van der Waals surface area contributed by atoms with E-state index in [1.807, 2.05) is 0 Å². The summed E-state index contributed by atoms with van der Waals surface area (Å²) in [5.41, 5.74) is 4.16. The van der Waals surface area contributed by atoms with E-state index in [1.54, 1.807) is 0 Å². The Morgan fingerprint density at radius 1 is 1.26 bits per heavy atom. The molecule has 0 amide bonds. The summed E-state index contributed by atoms with van der Waals surface area (Å²) in [5, 5.41) is 7.70. The number of rotatable bonds is 4. The highest BCUT2D eigenvalue weighted by Gasteiger charge is 2.27. The van der Waals surface area contributed by atoms with Crippen LogP contribution in [0.3, 0.4) is 0 Å². The van der Waals surface area contributed by atoms with E-state index >= 15 is 0 Å². The standard InChI is InChI=1S/C14H16N4S/c1-2-11-7-15-8-12(11)5-9(1)6-16-14-17-13(18-19-14)10-3-4-10/h1-2,5,10,15H,3-4,6-8H2,(H,16,17,18). The Bertz CT molecular complexity index is 603. The minimum atomic E-state index is 0.637. The number of hydrogen-bond donors (Lipinski definition) is 2. The fraction of sp³-hybridized carbons (Fsp3) is 0.429. The third-order valence-electron chi connectivity index (χ3n) is 3.73. The lowest BCUT2D eigenvalue weighted by Gasteiger charge is -2.05. The van der Waals surface area contributed by atoms with Gasteiger partial charge in [-0.25, -0.2) is 4.98 Å². The SMILES string of the molecule is c1cc2c(cc1CNc1nc(C3CC3)ns1)CNC2. The van der Waals surface area contributed by atoms with Crippen LogP contribution in [0, 0.1) is 0 Å². The lowest BCUT2D eigenvalue weighted by molar-refractivity contribution is 0.764. The number of anilines is 1. The van der Waals surface area contributed by atoms with Gasteiger partial charge in [-0.1, -0.05) is 18.2 Å². The summed E-state index contributed by atoms with van der Waals surface area (Å²) in [7, 11) is 0. The number of benzene rings is 1. The Morgan fingerprint density at radius 3 is 3.05 bits per heavy atom. The van der Waals surface area contributed by atoms with Crippen LogP contribution in [-0.4, -0.2) is 9.36 Å². The van der Waals surface area contributed by atoms with E-state index in [0.717, 1.165) is 30.6 Å². The minimum Gasteiger partial charge on any atom is -0.356 e. The van der Waals surface area contributed by atoms with Crippen LogP contribution >= 0.6 is 11.5 Å². The molecule has 5 heteroatoms. The minimum absolute atomic E-state index is 0.637. The van der Waals surface area contributed by atoms with E-state index in [-0.39, 0.29) is 0 Å². The maximum absolute atomic E-state index is 4.54. The molecule has 4 nitrogen and oxygen atoms in total. The van der Waals surface area contributed by atoms with Gasteiger partial charge < -0.3 is 10.6 Å². The molecule has 0 saturated heterocycles. The molecule has 0 bridgehead atoms. The lowest BCUT2D eigenvalue weighted by Crippen LogP contribution is -2.00. The van der Waals surface area contributed by atoms with Crippen molar-refractivity contribution in [3.8, 4) is 0 Å². The normalized spacial score (nSPS) is 17.5. The molecule has 19 heavy (non-hydrogen) atoms. The first-order valence-electron chi connectivity index (χ1n) is 6.77. The topological polar surface area (TPSA) is 49.8 Å². The van der Waals surface area contributed by atoms with Gasteiger partial charge in [-0.2, -0.15) is 4.37 Å². The molecule has 1 fully saturated rings. The molecule has 1 aromatic carbocycles. The second-order valence-electron chi connectivity index (χ2n) is 5.29. The average molecular weight is 272 g/mol. The zero-order chi connectivity index (χ0) is 12.7. The molecule has 0 atom stereocenters. The molecule has 2 heterocycles. The maximum atomic E-state index is 4.54. The first kappa shape index (κ1) is 11.4. The van der Waals surface area contributed by atoms with Gasteiger partial charge in [0.2, 0.25) is 5.13 Å². The molecular formula is C14H16N4S. The maximum Gasteiger partial charge on any atom is 0.202 e. The molecule has 0 radical (unpaired) electrons. The average Bonchev–Trinajstić information content (AvgIpc) is 3.01. The molecule has 1 aliphatic carbocycles. The van der Waals surface area contributed by atoms with Gasteiger partial charge in [-0.05, 0) is 29.5 Å². The smallest absolute Gasteiger partial charge is 0.202 e. The van der Waals surface area contributed by atoms with Gasteiger partial charge in [0.1, 0.15) is 5.82 Å². The fourth-order valence-corrected chi connectivity index (χ4v) is 3.09. The number of nitrogens with zero attached hydrogens (tertiary/aromatic N) is 2. The first-order chi connectivity index (χ1) is 9.38. The molecule has 2 N–H and O–H groups in total. The number of nitrogens with one attached hydrogen (secondary N) is 2. The van der Waals surface area contributed by atoms with E-state index in [2.05, 4.69) is 38.2 Å². The molecule has 4 rings (SSSR count). The van der Waals surface area contributed by atoms with Crippen molar-refractivity contribution in [3.05, 3.63) is 40.7 Å². The number of fused-ring (bicyclic) bond motifs is 1. The summed E-state index contributed by atoms with van der Waals surface area (Å²) in [4.78, 5) is 4.54. The van der Waals surface area contributed by atoms with Gasteiger partial charge in [0.15, 0.2) is 0 Å². The second kappa shape index (κ2) is 4.58. The zero-order valence-electron chi connectivity index (χ0n) is 10.6. The molecule has 0 unspecified atom stereocenters. The van der Waals surface area contributed by atoms with E-state index in [0.29, 0.717) is 5.92 Å². The summed E-state index contributed by atoms with van der Waals surface area (Å²) >= 11 is 1.48. The quantitative estimate of drug-likeness (QED) is 0.898. The lowest BCUT2D eigenvalue weighted by atomic mass is 10.1. The summed E-state index contributed by atoms with van der Waals surface area (Å²) in [6.45, 7) is 2.82. The third kappa shape index (κ3) is 2.35. The van der Waals surface area contributed by atoms with Gasteiger partial charge in [0, 0.05) is 37.1 Å². The monoisotopic (exact) mass is 272 g/mol. The van der Waals surface area contributed by atoms with Crippen molar-refractivity contribution in [1.82, 2.24) is 14.7 Å². The van der Waals surface area contributed by atoms with Crippen molar-refractivity contribution >= 4 is 16.7 Å². The van der Waals surface area contributed by atoms with Gasteiger partial charge in [-0.3, -0.25) is 0 Å². The van der Waals surface area contributed by atoms with Crippen LogP contribution in [0.1, 0.15) is 41.3 Å². The van der Waals surface area contributed by atoms with Crippen molar-refractivity contribution < 1.29 is 0 Å². The van der Waals surface area contributed by atoms with Crippen molar-refractivity contribution in [2.45, 2.75) is 38.4 Å². The molecule has 1 saturated carbocycles. The third-order valence-corrected chi connectivity index (χ3v) is 4.42. The van der Waals surface area contributed by atoms with Crippen LogP contribution in [0.25, 0.3) is 0 Å². The molecule has 1 aromatic heterocycles. The predicted molar refractivity (Wildman–Crippen MR) is 76.2 cm³/mol. The van der Waals surface area contributed by atoms with Crippen molar-refractivity contribution in [1.29, 1.82) is 0 Å². The highest BCUT2D eigenvalue weighted by atomic mass is 32.1. The van der Waals surface area contributed by atoms with E-state index in [1.165, 1.54) is 41.1 Å². The molecular weight excluding hydrogens is 256 g/mol. The van der Waals surface area contributed by atoms with Crippen LogP contribution in [0.4, 0.5) is 5.13 Å². The molecule has 1 aliphatic heterocycles. The summed E-state index contributed by atoms with van der Waals surface area (Å²) in [6.07, 6.45) is 2.52.